The first-order valence-corrected chi connectivity index (χ1v) is 7.75. The lowest BCUT2D eigenvalue weighted by Crippen LogP contribution is -2.20. The Morgan fingerprint density at radius 3 is 2.59 bits per heavy atom. The summed E-state index contributed by atoms with van der Waals surface area (Å²) in [7, 11) is 0. The van der Waals surface area contributed by atoms with Gasteiger partial charge in [0, 0.05) is 0 Å². The van der Waals surface area contributed by atoms with Crippen LogP contribution in [-0.2, 0) is 4.79 Å². The minimum Gasteiger partial charge on any atom is -0.483 e. The lowest BCUT2D eigenvalue weighted by molar-refractivity contribution is -0.118. The zero-order chi connectivity index (χ0) is 15.9. The molecule has 0 aliphatic heterocycles. The van der Waals surface area contributed by atoms with Crippen molar-refractivity contribution in [1.82, 2.24) is 0 Å². The Balaban J connectivity index is 1.99. The first-order chi connectivity index (χ1) is 10.6. The molecule has 4 heteroatoms. The summed E-state index contributed by atoms with van der Waals surface area (Å²) in [6, 6.07) is 15.0. The van der Waals surface area contributed by atoms with Crippen LogP contribution in [0.25, 0.3) is 0 Å². The molecule has 0 saturated heterocycles. The lowest BCUT2D eigenvalue weighted by Gasteiger charge is -2.15. The van der Waals surface area contributed by atoms with E-state index in [1.54, 1.807) is 12.1 Å². The molecule has 0 aliphatic rings. The molecule has 2 aromatic rings. The maximum Gasteiger partial charge on any atom is 0.262 e. The van der Waals surface area contributed by atoms with E-state index in [0.717, 1.165) is 17.7 Å². The number of ether oxygens (including phenoxy) is 1. The average Bonchev–Trinajstić information content (AvgIpc) is 2.54. The molecule has 0 spiro atoms. The minimum absolute atomic E-state index is 0.0430. The number of halogens is 1. The molecular weight excluding hydrogens is 298 g/mol. The van der Waals surface area contributed by atoms with Crippen molar-refractivity contribution in [3.63, 3.8) is 0 Å². The van der Waals surface area contributed by atoms with Crippen LogP contribution < -0.4 is 10.1 Å². The number of nitrogens with one attached hydrogen (secondary N) is 1. The van der Waals surface area contributed by atoms with E-state index in [1.165, 1.54) is 0 Å². The Labute approximate surface area is 136 Å². The summed E-state index contributed by atoms with van der Waals surface area (Å²) in [6.45, 7) is 4.23. The van der Waals surface area contributed by atoms with Gasteiger partial charge in [-0.25, -0.2) is 0 Å². The van der Waals surface area contributed by atoms with Crippen molar-refractivity contribution in [2.45, 2.75) is 26.2 Å². The van der Waals surface area contributed by atoms with Crippen LogP contribution in [0.5, 0.6) is 5.75 Å². The second-order valence-electron chi connectivity index (χ2n) is 5.16. The molecule has 2 aromatic carbocycles. The molecule has 0 aliphatic carbocycles. The maximum absolute atomic E-state index is 12.0. The SMILES string of the molecule is CCC(C)c1ccccc1OCC(=O)Nc1ccccc1Cl. The number of benzene rings is 2. The second-order valence-corrected chi connectivity index (χ2v) is 5.57. The number of para-hydroxylation sites is 2. The number of hydrogen-bond acceptors (Lipinski definition) is 2. The third-order valence-corrected chi connectivity index (χ3v) is 3.90. The predicted octanol–water partition coefficient (Wildman–Crippen LogP) is 4.87. The quantitative estimate of drug-likeness (QED) is 0.825. The summed E-state index contributed by atoms with van der Waals surface area (Å²) in [6.07, 6.45) is 1.02. The largest absolute Gasteiger partial charge is 0.483 e. The summed E-state index contributed by atoms with van der Waals surface area (Å²) in [4.78, 5) is 12.0. The van der Waals surface area contributed by atoms with Crippen molar-refractivity contribution in [2.75, 3.05) is 11.9 Å². The highest BCUT2D eigenvalue weighted by Crippen LogP contribution is 2.28. The van der Waals surface area contributed by atoms with Gasteiger partial charge in [0.05, 0.1) is 10.7 Å². The van der Waals surface area contributed by atoms with Crippen LogP contribution in [0.15, 0.2) is 48.5 Å². The Bertz CT molecular complexity index is 642. The zero-order valence-electron chi connectivity index (χ0n) is 12.8. The highest BCUT2D eigenvalue weighted by Gasteiger charge is 2.11. The standard InChI is InChI=1S/C18H20ClNO2/c1-3-13(2)14-8-4-7-11-17(14)22-12-18(21)20-16-10-6-5-9-15(16)19/h4-11,13H,3,12H2,1-2H3,(H,20,21). The van der Waals surface area contributed by atoms with Gasteiger partial charge in [-0.05, 0) is 36.1 Å². The van der Waals surface area contributed by atoms with Gasteiger partial charge in [0.1, 0.15) is 5.75 Å². The van der Waals surface area contributed by atoms with Gasteiger partial charge in [0.15, 0.2) is 6.61 Å². The second kappa shape index (κ2) is 7.85. The summed E-state index contributed by atoms with van der Waals surface area (Å²) < 4.78 is 5.68. The summed E-state index contributed by atoms with van der Waals surface area (Å²) in [5.74, 6) is 0.918. The van der Waals surface area contributed by atoms with Crippen molar-refractivity contribution in [1.29, 1.82) is 0 Å². The van der Waals surface area contributed by atoms with E-state index >= 15 is 0 Å². The molecule has 0 saturated carbocycles. The summed E-state index contributed by atoms with van der Waals surface area (Å²) in [5, 5.41) is 3.26. The molecule has 2 rings (SSSR count). The summed E-state index contributed by atoms with van der Waals surface area (Å²) >= 11 is 6.02. The monoisotopic (exact) mass is 317 g/mol. The molecule has 1 N–H and O–H groups in total. The van der Waals surface area contributed by atoms with Crippen LogP contribution >= 0.6 is 11.6 Å². The number of anilines is 1. The summed E-state index contributed by atoms with van der Waals surface area (Å²) in [5.41, 5.74) is 1.71. The molecule has 22 heavy (non-hydrogen) atoms. The van der Waals surface area contributed by atoms with Crippen LogP contribution in [0.4, 0.5) is 5.69 Å². The number of rotatable bonds is 6. The third-order valence-electron chi connectivity index (χ3n) is 3.57. The molecule has 1 amide bonds. The van der Waals surface area contributed by atoms with Crippen LogP contribution in [-0.4, -0.2) is 12.5 Å². The Kier molecular flexibility index (Phi) is 5.84. The normalized spacial score (nSPS) is 11.8. The fraction of sp³-hybridized carbons (Fsp3) is 0.278. The van der Waals surface area contributed by atoms with Gasteiger partial charge >= 0.3 is 0 Å². The third kappa shape index (κ3) is 4.25. The maximum atomic E-state index is 12.0. The van der Waals surface area contributed by atoms with Gasteiger partial charge < -0.3 is 10.1 Å². The number of carbonyl (C=O) groups is 1. The van der Waals surface area contributed by atoms with E-state index in [4.69, 9.17) is 16.3 Å². The van der Waals surface area contributed by atoms with Crippen LogP contribution in [0.3, 0.4) is 0 Å². The minimum atomic E-state index is -0.230. The highest BCUT2D eigenvalue weighted by atomic mass is 35.5. The molecule has 0 bridgehead atoms. The molecule has 0 radical (unpaired) electrons. The van der Waals surface area contributed by atoms with E-state index < -0.39 is 0 Å². The molecular formula is C18H20ClNO2. The van der Waals surface area contributed by atoms with Crippen molar-refractivity contribution in [2.24, 2.45) is 0 Å². The van der Waals surface area contributed by atoms with Gasteiger partial charge in [-0.2, -0.15) is 0 Å². The van der Waals surface area contributed by atoms with Gasteiger partial charge in [0.2, 0.25) is 0 Å². The van der Waals surface area contributed by atoms with E-state index in [-0.39, 0.29) is 12.5 Å². The Hall–Kier alpha value is -2.00. The molecule has 1 unspecified atom stereocenters. The molecule has 0 aromatic heterocycles. The van der Waals surface area contributed by atoms with E-state index in [1.807, 2.05) is 36.4 Å². The average molecular weight is 318 g/mol. The molecule has 3 nitrogen and oxygen atoms in total. The molecule has 0 fully saturated rings. The van der Waals surface area contributed by atoms with Crippen LogP contribution in [0.2, 0.25) is 5.02 Å². The van der Waals surface area contributed by atoms with Crippen molar-refractivity contribution < 1.29 is 9.53 Å². The number of carbonyl (C=O) groups excluding carboxylic acids is 1. The van der Waals surface area contributed by atoms with Crippen molar-refractivity contribution in [3.05, 3.63) is 59.1 Å². The van der Waals surface area contributed by atoms with E-state index in [2.05, 4.69) is 19.2 Å². The Morgan fingerprint density at radius 1 is 1.18 bits per heavy atom. The van der Waals surface area contributed by atoms with Crippen LogP contribution in [0, 0.1) is 0 Å². The zero-order valence-corrected chi connectivity index (χ0v) is 13.6. The number of hydrogen-bond donors (Lipinski definition) is 1. The van der Waals surface area contributed by atoms with Crippen molar-refractivity contribution in [3.8, 4) is 5.75 Å². The van der Waals surface area contributed by atoms with Gasteiger partial charge in [-0.1, -0.05) is 55.8 Å². The fourth-order valence-electron chi connectivity index (χ4n) is 2.13. The van der Waals surface area contributed by atoms with Gasteiger partial charge in [0.25, 0.3) is 5.91 Å². The smallest absolute Gasteiger partial charge is 0.262 e. The molecule has 0 heterocycles. The van der Waals surface area contributed by atoms with Crippen molar-refractivity contribution >= 4 is 23.2 Å². The molecule has 116 valence electrons. The van der Waals surface area contributed by atoms with E-state index in [0.29, 0.717) is 16.6 Å². The predicted molar refractivity (Wildman–Crippen MR) is 90.7 cm³/mol. The topological polar surface area (TPSA) is 38.3 Å². The van der Waals surface area contributed by atoms with Gasteiger partial charge in [-0.3, -0.25) is 4.79 Å². The van der Waals surface area contributed by atoms with Crippen LogP contribution in [0.1, 0.15) is 31.7 Å². The molecule has 1 atom stereocenters. The Morgan fingerprint density at radius 2 is 1.86 bits per heavy atom. The first-order valence-electron chi connectivity index (χ1n) is 7.38. The highest BCUT2D eigenvalue weighted by molar-refractivity contribution is 6.33. The number of amides is 1. The van der Waals surface area contributed by atoms with E-state index in [9.17, 15) is 4.79 Å². The lowest BCUT2D eigenvalue weighted by atomic mass is 9.98. The van der Waals surface area contributed by atoms with Gasteiger partial charge in [-0.15, -0.1) is 0 Å². The fourth-order valence-corrected chi connectivity index (χ4v) is 2.31. The first kappa shape index (κ1) is 16.4.